The van der Waals surface area contributed by atoms with E-state index in [4.69, 9.17) is 0 Å². The Morgan fingerprint density at radius 3 is 2.67 bits per heavy atom. The van der Waals surface area contributed by atoms with Crippen molar-refractivity contribution >= 4 is 15.9 Å². The topological polar surface area (TPSA) is 66.5 Å². The van der Waals surface area contributed by atoms with Crippen LogP contribution in [0.4, 0.5) is 9.18 Å². The highest BCUT2D eigenvalue weighted by atomic mass is 32.2. The maximum absolute atomic E-state index is 12.9. The molecule has 0 unspecified atom stereocenters. The third-order valence-corrected chi connectivity index (χ3v) is 4.51. The summed E-state index contributed by atoms with van der Waals surface area (Å²) < 4.78 is 34.9. The highest BCUT2D eigenvalue weighted by molar-refractivity contribution is 7.90. The minimum atomic E-state index is -3.07. The van der Waals surface area contributed by atoms with Crippen molar-refractivity contribution in [2.75, 3.05) is 31.6 Å². The van der Waals surface area contributed by atoms with Gasteiger partial charge in [-0.1, -0.05) is 12.1 Å². The van der Waals surface area contributed by atoms with Crippen molar-refractivity contribution in [1.29, 1.82) is 0 Å². The van der Waals surface area contributed by atoms with E-state index in [1.54, 1.807) is 17.0 Å². The van der Waals surface area contributed by atoms with Gasteiger partial charge in [-0.2, -0.15) is 0 Å². The molecular formula is C14H19FN2O3S. The molecule has 1 aliphatic rings. The van der Waals surface area contributed by atoms with E-state index in [9.17, 15) is 17.6 Å². The molecule has 1 saturated heterocycles. The Labute approximate surface area is 124 Å². The molecule has 1 N–H and O–H groups in total. The fraction of sp³-hybridized carbons (Fsp3) is 0.500. The van der Waals surface area contributed by atoms with E-state index in [2.05, 4.69) is 5.32 Å². The number of sulfone groups is 1. The van der Waals surface area contributed by atoms with Gasteiger partial charge in [0.05, 0.1) is 5.75 Å². The number of hydrogen-bond donors (Lipinski definition) is 1. The summed E-state index contributed by atoms with van der Waals surface area (Å²) in [5, 5.41) is 2.61. The summed E-state index contributed by atoms with van der Waals surface area (Å²) >= 11 is 0. The average molecular weight is 314 g/mol. The summed E-state index contributed by atoms with van der Waals surface area (Å²) in [5.74, 6) is -0.132. The Morgan fingerprint density at radius 2 is 2.05 bits per heavy atom. The highest BCUT2D eigenvalue weighted by Gasteiger charge is 2.27. The van der Waals surface area contributed by atoms with Gasteiger partial charge in [-0.05, 0) is 24.1 Å². The number of likely N-dealkylation sites (tertiary alicyclic amines) is 1. The Kier molecular flexibility index (Phi) is 4.82. The summed E-state index contributed by atoms with van der Waals surface area (Å²) in [5.41, 5.74) is 1.02. The average Bonchev–Trinajstić information content (AvgIpc) is 2.87. The second kappa shape index (κ2) is 6.43. The van der Waals surface area contributed by atoms with Crippen LogP contribution in [-0.2, 0) is 9.84 Å². The molecule has 0 aromatic heterocycles. The molecule has 0 saturated carbocycles. The Balaban J connectivity index is 1.84. The van der Waals surface area contributed by atoms with Gasteiger partial charge in [-0.15, -0.1) is 0 Å². The third-order valence-electron chi connectivity index (χ3n) is 3.57. The molecule has 0 spiro atoms. The van der Waals surface area contributed by atoms with E-state index in [-0.39, 0.29) is 30.1 Å². The van der Waals surface area contributed by atoms with Crippen molar-refractivity contribution in [2.24, 2.45) is 0 Å². The first kappa shape index (κ1) is 15.8. The van der Waals surface area contributed by atoms with Gasteiger partial charge in [0.25, 0.3) is 0 Å². The normalized spacial score (nSPS) is 18.8. The van der Waals surface area contributed by atoms with Crippen LogP contribution in [0, 0.1) is 5.82 Å². The Morgan fingerprint density at radius 1 is 1.38 bits per heavy atom. The van der Waals surface area contributed by atoms with E-state index >= 15 is 0 Å². The summed E-state index contributed by atoms with van der Waals surface area (Å²) in [7, 11) is -3.07. The number of amides is 2. The molecule has 2 amide bonds. The zero-order chi connectivity index (χ0) is 15.5. The second-order valence-electron chi connectivity index (χ2n) is 5.34. The number of nitrogens with one attached hydrogen (secondary N) is 1. The molecule has 0 aliphatic carbocycles. The molecule has 116 valence electrons. The van der Waals surface area contributed by atoms with Crippen LogP contribution in [0.1, 0.15) is 17.9 Å². The van der Waals surface area contributed by atoms with Crippen molar-refractivity contribution in [3.8, 4) is 0 Å². The molecule has 0 bridgehead atoms. The lowest BCUT2D eigenvalue weighted by Gasteiger charge is -2.17. The molecule has 1 fully saturated rings. The van der Waals surface area contributed by atoms with Crippen LogP contribution in [0.2, 0.25) is 0 Å². The number of benzene rings is 1. The smallest absolute Gasteiger partial charge is 0.317 e. The first-order valence-electron chi connectivity index (χ1n) is 6.81. The summed E-state index contributed by atoms with van der Waals surface area (Å²) in [6.45, 7) is 1.30. The zero-order valence-corrected chi connectivity index (χ0v) is 12.7. The van der Waals surface area contributed by atoms with Gasteiger partial charge in [-0.25, -0.2) is 17.6 Å². The van der Waals surface area contributed by atoms with Crippen LogP contribution in [0.3, 0.4) is 0 Å². The van der Waals surface area contributed by atoms with Crippen molar-refractivity contribution in [2.45, 2.75) is 12.3 Å². The van der Waals surface area contributed by atoms with Gasteiger partial charge in [0, 0.05) is 31.8 Å². The van der Waals surface area contributed by atoms with Gasteiger partial charge in [0.15, 0.2) is 0 Å². The SMILES string of the molecule is CS(=O)(=O)CCNC(=O)N1CC[C@H](c2ccc(F)cc2)C1. The molecule has 0 radical (unpaired) electrons. The largest absolute Gasteiger partial charge is 0.337 e. The van der Waals surface area contributed by atoms with E-state index in [0.29, 0.717) is 13.1 Å². The van der Waals surface area contributed by atoms with Crippen LogP contribution < -0.4 is 5.32 Å². The van der Waals surface area contributed by atoms with E-state index < -0.39 is 9.84 Å². The number of halogens is 1. The van der Waals surface area contributed by atoms with E-state index in [0.717, 1.165) is 18.2 Å². The summed E-state index contributed by atoms with van der Waals surface area (Å²) in [6, 6.07) is 6.08. The Bertz CT molecular complexity index is 601. The van der Waals surface area contributed by atoms with Gasteiger partial charge in [-0.3, -0.25) is 0 Å². The van der Waals surface area contributed by atoms with Gasteiger partial charge >= 0.3 is 6.03 Å². The fourth-order valence-electron chi connectivity index (χ4n) is 2.41. The van der Waals surface area contributed by atoms with Crippen LogP contribution in [-0.4, -0.2) is 51.0 Å². The van der Waals surface area contributed by atoms with Crippen molar-refractivity contribution < 1.29 is 17.6 Å². The molecule has 1 aromatic rings. The highest BCUT2D eigenvalue weighted by Crippen LogP contribution is 2.27. The molecular weight excluding hydrogens is 295 g/mol. The molecule has 21 heavy (non-hydrogen) atoms. The predicted molar refractivity (Wildman–Crippen MR) is 78.4 cm³/mol. The monoisotopic (exact) mass is 314 g/mol. The lowest BCUT2D eigenvalue weighted by atomic mass is 9.99. The van der Waals surface area contributed by atoms with Crippen LogP contribution in [0.15, 0.2) is 24.3 Å². The zero-order valence-electron chi connectivity index (χ0n) is 11.9. The minimum absolute atomic E-state index is 0.0615. The van der Waals surface area contributed by atoms with Crippen LogP contribution in [0.5, 0.6) is 0 Å². The van der Waals surface area contributed by atoms with E-state index in [1.165, 1.54) is 12.1 Å². The maximum Gasteiger partial charge on any atom is 0.317 e. The van der Waals surface area contributed by atoms with Gasteiger partial charge in [0.2, 0.25) is 0 Å². The number of nitrogens with zero attached hydrogens (tertiary/aromatic N) is 1. The first-order chi connectivity index (χ1) is 9.85. The molecule has 1 aromatic carbocycles. The maximum atomic E-state index is 12.9. The molecule has 1 atom stereocenters. The van der Waals surface area contributed by atoms with Crippen LogP contribution in [0.25, 0.3) is 0 Å². The van der Waals surface area contributed by atoms with Crippen LogP contribution >= 0.6 is 0 Å². The van der Waals surface area contributed by atoms with Crippen molar-refractivity contribution in [3.63, 3.8) is 0 Å². The molecule has 1 heterocycles. The fourth-order valence-corrected chi connectivity index (χ4v) is 2.88. The Hall–Kier alpha value is -1.63. The minimum Gasteiger partial charge on any atom is -0.337 e. The number of rotatable bonds is 4. The summed E-state index contributed by atoms with van der Waals surface area (Å²) in [4.78, 5) is 13.6. The molecule has 5 nitrogen and oxygen atoms in total. The lowest BCUT2D eigenvalue weighted by Crippen LogP contribution is -2.40. The standard InChI is InChI=1S/C14H19FN2O3S/c1-21(19,20)9-7-16-14(18)17-8-6-12(10-17)11-2-4-13(15)5-3-11/h2-5,12H,6-10H2,1H3,(H,16,18)/t12-/m0/s1. The number of urea groups is 1. The molecule has 2 rings (SSSR count). The number of carbonyl (C=O) groups excluding carboxylic acids is 1. The van der Waals surface area contributed by atoms with Gasteiger partial charge in [0.1, 0.15) is 15.7 Å². The van der Waals surface area contributed by atoms with E-state index in [1.807, 2.05) is 0 Å². The quantitative estimate of drug-likeness (QED) is 0.913. The number of hydrogen-bond acceptors (Lipinski definition) is 3. The summed E-state index contributed by atoms with van der Waals surface area (Å²) in [6.07, 6.45) is 1.96. The second-order valence-corrected chi connectivity index (χ2v) is 7.60. The molecule has 7 heteroatoms. The molecule has 1 aliphatic heterocycles. The predicted octanol–water partition coefficient (Wildman–Crippen LogP) is 1.37. The first-order valence-corrected chi connectivity index (χ1v) is 8.87. The van der Waals surface area contributed by atoms with Gasteiger partial charge < -0.3 is 10.2 Å². The van der Waals surface area contributed by atoms with Crippen molar-refractivity contribution in [3.05, 3.63) is 35.6 Å². The van der Waals surface area contributed by atoms with Crippen molar-refractivity contribution in [1.82, 2.24) is 10.2 Å². The number of carbonyl (C=O) groups is 1. The lowest BCUT2D eigenvalue weighted by molar-refractivity contribution is 0.209. The third kappa shape index (κ3) is 4.70.